The maximum atomic E-state index is 11.0. The summed E-state index contributed by atoms with van der Waals surface area (Å²) in [5.74, 6) is 1.76. The predicted octanol–water partition coefficient (Wildman–Crippen LogP) is 3.01. The smallest absolute Gasteiger partial charge is 0.302 e. The van der Waals surface area contributed by atoms with Crippen molar-refractivity contribution in [1.29, 1.82) is 0 Å². The van der Waals surface area contributed by atoms with Crippen molar-refractivity contribution in [2.75, 3.05) is 0 Å². The van der Waals surface area contributed by atoms with E-state index in [9.17, 15) is 4.79 Å². The van der Waals surface area contributed by atoms with Crippen LogP contribution in [0.15, 0.2) is 0 Å². The van der Waals surface area contributed by atoms with Gasteiger partial charge in [0.1, 0.15) is 6.10 Å². The first-order valence-electron chi connectivity index (χ1n) is 5.68. The van der Waals surface area contributed by atoms with Gasteiger partial charge in [0.2, 0.25) is 0 Å². The van der Waals surface area contributed by atoms with Gasteiger partial charge in [0.25, 0.3) is 0 Å². The lowest BCUT2D eigenvalue weighted by Crippen LogP contribution is -2.35. The zero-order valence-electron chi connectivity index (χ0n) is 9.75. The second kappa shape index (κ2) is 4.81. The molecule has 14 heavy (non-hydrogen) atoms. The van der Waals surface area contributed by atoms with Crippen LogP contribution >= 0.6 is 0 Å². The Morgan fingerprint density at radius 1 is 1.36 bits per heavy atom. The average Bonchev–Trinajstić information content (AvgIpc) is 2.01. The molecule has 0 saturated heterocycles. The molecule has 0 radical (unpaired) electrons. The molecule has 1 aliphatic carbocycles. The van der Waals surface area contributed by atoms with E-state index in [-0.39, 0.29) is 12.1 Å². The van der Waals surface area contributed by atoms with Crippen LogP contribution in [0.5, 0.6) is 0 Å². The Bertz CT molecular complexity index is 198. The van der Waals surface area contributed by atoms with E-state index in [1.54, 1.807) is 0 Å². The lowest BCUT2D eigenvalue weighted by molar-refractivity contribution is -0.153. The molecular formula is C12H22O2. The summed E-state index contributed by atoms with van der Waals surface area (Å²) in [5, 5.41) is 0. The second-order valence-corrected chi connectivity index (χ2v) is 4.97. The molecule has 0 aliphatic heterocycles. The Morgan fingerprint density at radius 2 is 2.00 bits per heavy atom. The number of hydrogen-bond donors (Lipinski definition) is 0. The highest BCUT2D eigenvalue weighted by Gasteiger charge is 2.32. The molecule has 0 aromatic heterocycles. The van der Waals surface area contributed by atoms with Crippen LogP contribution in [0.4, 0.5) is 0 Å². The monoisotopic (exact) mass is 198 g/mol. The quantitative estimate of drug-likeness (QED) is 0.637. The summed E-state index contributed by atoms with van der Waals surface area (Å²) in [7, 11) is 0. The summed E-state index contributed by atoms with van der Waals surface area (Å²) >= 11 is 0. The largest absolute Gasteiger partial charge is 0.462 e. The third-order valence-corrected chi connectivity index (χ3v) is 3.28. The zero-order valence-corrected chi connectivity index (χ0v) is 9.75. The number of carbonyl (C=O) groups excluding carboxylic acids is 1. The second-order valence-electron chi connectivity index (χ2n) is 4.97. The van der Waals surface area contributed by atoms with Gasteiger partial charge in [0, 0.05) is 6.92 Å². The van der Waals surface area contributed by atoms with Gasteiger partial charge in [-0.05, 0) is 30.6 Å². The highest BCUT2D eigenvalue weighted by molar-refractivity contribution is 5.66. The average molecular weight is 198 g/mol. The number of hydrogen-bond acceptors (Lipinski definition) is 2. The fourth-order valence-corrected chi connectivity index (χ4v) is 2.46. The minimum Gasteiger partial charge on any atom is -0.462 e. The van der Waals surface area contributed by atoms with E-state index in [1.807, 2.05) is 0 Å². The molecule has 1 unspecified atom stereocenters. The Labute approximate surface area is 87.0 Å². The normalized spacial score (nSPS) is 33.1. The molecule has 0 amide bonds. The molecule has 2 nitrogen and oxygen atoms in total. The molecule has 1 fully saturated rings. The molecule has 0 heterocycles. The summed E-state index contributed by atoms with van der Waals surface area (Å²) in [6.45, 7) is 8.19. The van der Waals surface area contributed by atoms with Gasteiger partial charge in [-0.25, -0.2) is 0 Å². The molecule has 0 aromatic carbocycles. The van der Waals surface area contributed by atoms with Gasteiger partial charge < -0.3 is 4.74 Å². The van der Waals surface area contributed by atoms with Gasteiger partial charge in [0.15, 0.2) is 0 Å². The van der Waals surface area contributed by atoms with E-state index >= 15 is 0 Å². The van der Waals surface area contributed by atoms with Crippen LogP contribution in [0.25, 0.3) is 0 Å². The molecule has 0 bridgehead atoms. The van der Waals surface area contributed by atoms with Crippen molar-refractivity contribution in [3.63, 3.8) is 0 Å². The highest BCUT2D eigenvalue weighted by atomic mass is 16.5. The third kappa shape index (κ3) is 3.00. The van der Waals surface area contributed by atoms with E-state index in [2.05, 4.69) is 20.8 Å². The van der Waals surface area contributed by atoms with E-state index in [0.29, 0.717) is 17.8 Å². The Kier molecular flexibility index (Phi) is 3.97. The van der Waals surface area contributed by atoms with E-state index in [1.165, 1.54) is 19.8 Å². The van der Waals surface area contributed by atoms with Crippen molar-refractivity contribution < 1.29 is 9.53 Å². The summed E-state index contributed by atoms with van der Waals surface area (Å²) < 4.78 is 5.40. The topological polar surface area (TPSA) is 26.3 Å². The van der Waals surface area contributed by atoms with Gasteiger partial charge in [-0.15, -0.1) is 0 Å². The molecule has 3 atom stereocenters. The first-order chi connectivity index (χ1) is 6.50. The molecule has 0 spiro atoms. The van der Waals surface area contributed by atoms with E-state index in [0.717, 1.165) is 6.42 Å². The van der Waals surface area contributed by atoms with Crippen LogP contribution in [0.1, 0.15) is 47.0 Å². The SMILES string of the molecule is CC(=O)O[C@@H]1CC(C)CC[C@@H]1C(C)C. The fourth-order valence-electron chi connectivity index (χ4n) is 2.46. The molecule has 0 aromatic rings. The third-order valence-electron chi connectivity index (χ3n) is 3.28. The van der Waals surface area contributed by atoms with Crippen molar-refractivity contribution in [3.8, 4) is 0 Å². The van der Waals surface area contributed by atoms with Crippen molar-refractivity contribution in [2.24, 2.45) is 17.8 Å². The molecule has 82 valence electrons. The molecule has 1 aliphatic rings. The van der Waals surface area contributed by atoms with Gasteiger partial charge in [-0.1, -0.05) is 27.2 Å². The van der Waals surface area contributed by atoms with Crippen LogP contribution in [-0.2, 0) is 9.53 Å². The number of esters is 1. The van der Waals surface area contributed by atoms with Crippen LogP contribution in [0.2, 0.25) is 0 Å². The van der Waals surface area contributed by atoms with Gasteiger partial charge >= 0.3 is 5.97 Å². The Balaban J connectivity index is 2.58. The minimum absolute atomic E-state index is 0.130. The first-order valence-corrected chi connectivity index (χ1v) is 5.68. The van der Waals surface area contributed by atoms with Gasteiger partial charge in [0.05, 0.1) is 0 Å². The fraction of sp³-hybridized carbons (Fsp3) is 0.917. The van der Waals surface area contributed by atoms with Crippen molar-refractivity contribution in [1.82, 2.24) is 0 Å². The van der Waals surface area contributed by atoms with Crippen LogP contribution in [0.3, 0.4) is 0 Å². The molecule has 1 saturated carbocycles. The minimum atomic E-state index is -0.130. The summed E-state index contributed by atoms with van der Waals surface area (Å²) in [4.78, 5) is 11.0. The summed E-state index contributed by atoms with van der Waals surface area (Å²) in [5.41, 5.74) is 0. The predicted molar refractivity (Wildman–Crippen MR) is 56.9 cm³/mol. The van der Waals surface area contributed by atoms with E-state index < -0.39 is 0 Å². The summed E-state index contributed by atoms with van der Waals surface area (Å²) in [6.07, 6.45) is 3.69. The standard InChI is InChI=1S/C12H22O2/c1-8(2)11-6-5-9(3)7-12(11)14-10(4)13/h8-9,11-12H,5-7H2,1-4H3/t9?,11-,12-/m1/s1. The lowest BCUT2D eigenvalue weighted by Gasteiger charge is -2.36. The summed E-state index contributed by atoms with van der Waals surface area (Å²) in [6, 6.07) is 0. The van der Waals surface area contributed by atoms with Crippen LogP contribution < -0.4 is 0 Å². The van der Waals surface area contributed by atoms with Crippen LogP contribution in [0, 0.1) is 17.8 Å². The van der Waals surface area contributed by atoms with Crippen molar-refractivity contribution in [3.05, 3.63) is 0 Å². The van der Waals surface area contributed by atoms with Gasteiger partial charge in [-0.2, -0.15) is 0 Å². The van der Waals surface area contributed by atoms with E-state index in [4.69, 9.17) is 4.74 Å². The Hall–Kier alpha value is -0.530. The highest BCUT2D eigenvalue weighted by Crippen LogP contribution is 2.35. The van der Waals surface area contributed by atoms with Crippen molar-refractivity contribution >= 4 is 5.97 Å². The molecular weight excluding hydrogens is 176 g/mol. The van der Waals surface area contributed by atoms with Crippen molar-refractivity contribution in [2.45, 2.75) is 53.1 Å². The number of rotatable bonds is 2. The number of carbonyl (C=O) groups is 1. The maximum absolute atomic E-state index is 11.0. The molecule has 1 rings (SSSR count). The van der Waals surface area contributed by atoms with Crippen LogP contribution in [-0.4, -0.2) is 12.1 Å². The number of ether oxygens (including phenoxy) is 1. The molecule has 0 N–H and O–H groups in total. The lowest BCUT2D eigenvalue weighted by atomic mass is 9.75. The first kappa shape index (κ1) is 11.5. The zero-order chi connectivity index (χ0) is 10.7. The van der Waals surface area contributed by atoms with Gasteiger partial charge in [-0.3, -0.25) is 4.79 Å². The Morgan fingerprint density at radius 3 is 2.50 bits per heavy atom. The maximum Gasteiger partial charge on any atom is 0.302 e. The molecule has 2 heteroatoms.